The number of urea groups is 1. The first-order valence-corrected chi connectivity index (χ1v) is 12.4. The molecule has 1 heterocycles. The third-order valence-electron chi connectivity index (χ3n) is 5.03. The highest BCUT2D eigenvalue weighted by Gasteiger charge is 2.18. The summed E-state index contributed by atoms with van der Waals surface area (Å²) in [5, 5.41) is 16.5. The fourth-order valence-electron chi connectivity index (χ4n) is 3.44. The molecule has 0 spiro atoms. The molecule has 0 atom stereocenters. The van der Waals surface area contributed by atoms with E-state index < -0.39 is 16.1 Å². The van der Waals surface area contributed by atoms with E-state index in [4.69, 9.17) is 5.41 Å². The Bertz CT molecular complexity index is 749. The Labute approximate surface area is 179 Å². The van der Waals surface area contributed by atoms with Gasteiger partial charge in [-0.25, -0.2) is 17.9 Å². The second kappa shape index (κ2) is 13.0. The van der Waals surface area contributed by atoms with E-state index in [2.05, 4.69) is 25.7 Å². The molecule has 1 aliphatic rings. The van der Waals surface area contributed by atoms with Crippen molar-refractivity contribution in [1.82, 2.24) is 20.3 Å². The lowest BCUT2D eigenvalue weighted by atomic mass is 10.1. The molecule has 168 valence electrons. The highest BCUT2D eigenvalue weighted by Crippen LogP contribution is 2.17. The minimum Gasteiger partial charge on any atom is -0.356 e. The fourth-order valence-corrected chi connectivity index (χ4v) is 4.47. The van der Waals surface area contributed by atoms with Crippen LogP contribution < -0.4 is 20.7 Å². The summed E-state index contributed by atoms with van der Waals surface area (Å²) in [6.45, 7) is 0.631. The van der Waals surface area contributed by atoms with Gasteiger partial charge < -0.3 is 16.0 Å². The van der Waals surface area contributed by atoms with Crippen molar-refractivity contribution >= 4 is 27.7 Å². The number of guanidine groups is 1. The van der Waals surface area contributed by atoms with Gasteiger partial charge in [0, 0.05) is 30.7 Å². The molecule has 0 bridgehead atoms. The SMILES string of the molecule is N=C(NCCCCCCS(=O)(=O)NC(=O)NC1CCCCCC1)Nc1ccncc1. The van der Waals surface area contributed by atoms with E-state index in [0.717, 1.165) is 50.6 Å². The van der Waals surface area contributed by atoms with Crippen LogP contribution in [0.15, 0.2) is 24.5 Å². The predicted octanol–water partition coefficient (Wildman–Crippen LogP) is 2.93. The van der Waals surface area contributed by atoms with E-state index >= 15 is 0 Å². The number of sulfonamides is 1. The number of carbonyl (C=O) groups is 1. The summed E-state index contributed by atoms with van der Waals surface area (Å²) in [6.07, 6.45) is 12.6. The quantitative estimate of drug-likeness (QED) is 0.165. The maximum Gasteiger partial charge on any atom is 0.328 e. The molecule has 1 aliphatic carbocycles. The molecular weight excluding hydrogens is 404 g/mol. The normalized spacial score (nSPS) is 15.1. The monoisotopic (exact) mass is 438 g/mol. The zero-order chi connectivity index (χ0) is 21.7. The Kier molecular flexibility index (Phi) is 10.4. The molecule has 2 rings (SSSR count). The molecule has 1 aromatic heterocycles. The van der Waals surface area contributed by atoms with E-state index in [-0.39, 0.29) is 17.8 Å². The van der Waals surface area contributed by atoms with Gasteiger partial charge in [-0.05, 0) is 37.8 Å². The van der Waals surface area contributed by atoms with Crippen LogP contribution in [-0.4, -0.2) is 43.7 Å². The molecule has 0 unspecified atom stereocenters. The summed E-state index contributed by atoms with van der Waals surface area (Å²) >= 11 is 0. The Morgan fingerprint density at radius 2 is 1.70 bits per heavy atom. The Morgan fingerprint density at radius 1 is 1.03 bits per heavy atom. The van der Waals surface area contributed by atoms with Crippen molar-refractivity contribution in [2.24, 2.45) is 0 Å². The first-order valence-electron chi connectivity index (χ1n) is 10.7. The van der Waals surface area contributed by atoms with Gasteiger partial charge in [-0.2, -0.15) is 0 Å². The standard InChI is InChI=1S/C20H34N6O3S/c21-19(24-18-11-14-22-15-12-18)23-13-7-3-4-8-16-30(28,29)26-20(27)25-17-9-5-1-2-6-10-17/h11-12,14-15,17H,1-10,13,16H2,(H2,25,26,27)(H3,21,22,23,24). The zero-order valence-electron chi connectivity index (χ0n) is 17.5. The van der Waals surface area contributed by atoms with Gasteiger partial charge >= 0.3 is 6.03 Å². The number of rotatable bonds is 10. The summed E-state index contributed by atoms with van der Waals surface area (Å²) in [6, 6.07) is 3.02. The molecule has 2 amide bonds. The molecule has 1 aromatic rings. The van der Waals surface area contributed by atoms with Crippen molar-refractivity contribution in [3.8, 4) is 0 Å². The smallest absolute Gasteiger partial charge is 0.328 e. The number of unbranched alkanes of at least 4 members (excludes halogenated alkanes) is 3. The Morgan fingerprint density at radius 3 is 2.40 bits per heavy atom. The second-order valence-electron chi connectivity index (χ2n) is 7.66. The molecule has 1 fully saturated rings. The van der Waals surface area contributed by atoms with Gasteiger partial charge in [-0.1, -0.05) is 38.5 Å². The Hall–Kier alpha value is -2.36. The number of pyridine rings is 1. The molecule has 30 heavy (non-hydrogen) atoms. The van der Waals surface area contributed by atoms with Gasteiger partial charge in [0.05, 0.1) is 5.75 Å². The average Bonchev–Trinajstić information content (AvgIpc) is 2.96. The predicted molar refractivity (Wildman–Crippen MR) is 119 cm³/mol. The van der Waals surface area contributed by atoms with Crippen molar-refractivity contribution in [2.75, 3.05) is 17.6 Å². The van der Waals surface area contributed by atoms with Crippen LogP contribution in [0.25, 0.3) is 0 Å². The molecule has 5 N–H and O–H groups in total. The van der Waals surface area contributed by atoms with E-state index in [1.807, 2.05) is 0 Å². The van der Waals surface area contributed by atoms with Crippen molar-refractivity contribution in [2.45, 2.75) is 70.3 Å². The van der Waals surface area contributed by atoms with Crippen molar-refractivity contribution in [1.29, 1.82) is 5.41 Å². The Balaban J connectivity index is 1.51. The van der Waals surface area contributed by atoms with Gasteiger partial charge in [0.15, 0.2) is 5.96 Å². The lowest BCUT2D eigenvalue weighted by Crippen LogP contribution is -2.45. The molecule has 1 saturated carbocycles. The van der Waals surface area contributed by atoms with E-state index in [0.29, 0.717) is 13.0 Å². The second-order valence-corrected chi connectivity index (χ2v) is 9.50. The van der Waals surface area contributed by atoms with Crippen molar-refractivity contribution < 1.29 is 13.2 Å². The molecule has 9 nitrogen and oxygen atoms in total. The lowest BCUT2D eigenvalue weighted by Gasteiger charge is -2.16. The highest BCUT2D eigenvalue weighted by atomic mass is 32.2. The maximum absolute atomic E-state index is 12.1. The van der Waals surface area contributed by atoms with Crippen LogP contribution in [0, 0.1) is 5.41 Å². The number of amides is 2. The molecule has 0 radical (unpaired) electrons. The van der Waals surface area contributed by atoms with Crippen LogP contribution in [0.2, 0.25) is 0 Å². The topological polar surface area (TPSA) is 136 Å². The average molecular weight is 439 g/mol. The van der Waals surface area contributed by atoms with Crippen LogP contribution in [0.5, 0.6) is 0 Å². The number of aromatic nitrogens is 1. The molecular formula is C20H34N6O3S. The largest absolute Gasteiger partial charge is 0.356 e. The minimum atomic E-state index is -3.61. The zero-order valence-corrected chi connectivity index (χ0v) is 18.3. The van der Waals surface area contributed by atoms with Gasteiger partial charge in [0.1, 0.15) is 0 Å². The molecule has 0 aromatic carbocycles. The van der Waals surface area contributed by atoms with Crippen LogP contribution in [-0.2, 0) is 10.0 Å². The summed E-state index contributed by atoms with van der Waals surface area (Å²) in [5.41, 5.74) is 0.795. The van der Waals surface area contributed by atoms with E-state index in [1.165, 1.54) is 12.8 Å². The first-order chi connectivity index (χ1) is 14.4. The summed E-state index contributed by atoms with van der Waals surface area (Å²) in [4.78, 5) is 15.9. The van der Waals surface area contributed by atoms with Crippen LogP contribution in [0.4, 0.5) is 10.5 Å². The first kappa shape index (κ1) is 23.9. The molecule has 0 saturated heterocycles. The third kappa shape index (κ3) is 10.4. The summed E-state index contributed by atoms with van der Waals surface area (Å²) in [5.74, 6) is 0.158. The fraction of sp³-hybridized carbons (Fsp3) is 0.650. The number of hydrogen-bond acceptors (Lipinski definition) is 5. The van der Waals surface area contributed by atoms with Gasteiger partial charge in [0.25, 0.3) is 0 Å². The summed E-state index contributed by atoms with van der Waals surface area (Å²) < 4.78 is 26.3. The third-order valence-corrected chi connectivity index (χ3v) is 6.35. The van der Waals surface area contributed by atoms with Gasteiger partial charge in [0.2, 0.25) is 10.0 Å². The number of nitrogens with zero attached hydrogens (tertiary/aromatic N) is 1. The van der Waals surface area contributed by atoms with Gasteiger partial charge in [-0.15, -0.1) is 0 Å². The van der Waals surface area contributed by atoms with Crippen LogP contribution >= 0.6 is 0 Å². The van der Waals surface area contributed by atoms with Crippen LogP contribution in [0.3, 0.4) is 0 Å². The van der Waals surface area contributed by atoms with Crippen molar-refractivity contribution in [3.05, 3.63) is 24.5 Å². The van der Waals surface area contributed by atoms with E-state index in [9.17, 15) is 13.2 Å². The highest BCUT2D eigenvalue weighted by molar-refractivity contribution is 7.90. The number of anilines is 1. The minimum absolute atomic E-state index is 0.0576. The van der Waals surface area contributed by atoms with Crippen LogP contribution in [0.1, 0.15) is 64.2 Å². The van der Waals surface area contributed by atoms with Crippen molar-refractivity contribution in [3.63, 3.8) is 0 Å². The van der Waals surface area contributed by atoms with E-state index in [1.54, 1.807) is 24.5 Å². The molecule has 10 heteroatoms. The van der Waals surface area contributed by atoms with Gasteiger partial charge in [-0.3, -0.25) is 10.4 Å². The maximum atomic E-state index is 12.1. The number of nitrogens with one attached hydrogen (secondary N) is 5. The summed E-state index contributed by atoms with van der Waals surface area (Å²) in [7, 11) is -3.61. The molecule has 0 aliphatic heterocycles. The number of hydrogen-bond donors (Lipinski definition) is 5. The number of carbonyl (C=O) groups excluding carboxylic acids is 1. The lowest BCUT2D eigenvalue weighted by molar-refractivity contribution is 0.240.